The van der Waals surface area contributed by atoms with Gasteiger partial charge in [-0.2, -0.15) is 0 Å². The van der Waals surface area contributed by atoms with E-state index < -0.39 is 0 Å². The van der Waals surface area contributed by atoms with Crippen molar-refractivity contribution in [3.8, 4) is 0 Å². The van der Waals surface area contributed by atoms with E-state index in [1.165, 1.54) is 4.31 Å². The number of urea groups is 1. The lowest BCUT2D eigenvalue weighted by Gasteiger charge is -2.17. The summed E-state index contributed by atoms with van der Waals surface area (Å²) in [6.45, 7) is 0. The first-order valence-electron chi connectivity index (χ1n) is 9.82. The zero-order valence-electron chi connectivity index (χ0n) is 16.7. The maximum absolute atomic E-state index is 12.6. The molecule has 6 heteroatoms. The van der Waals surface area contributed by atoms with Gasteiger partial charge in [0.2, 0.25) is 0 Å². The lowest BCUT2D eigenvalue weighted by atomic mass is 10.2. The van der Waals surface area contributed by atoms with Crippen LogP contribution in [-0.2, 0) is 0 Å². The monoisotopic (exact) mass is 426 g/mol. The molecule has 0 aliphatic rings. The number of nitrogens with zero attached hydrogens (tertiary/aromatic N) is 1. The molecule has 0 radical (unpaired) electrons. The highest BCUT2D eigenvalue weighted by Crippen LogP contribution is 2.24. The minimum absolute atomic E-state index is 0.337. The van der Waals surface area contributed by atoms with Gasteiger partial charge in [-0.05, 0) is 72.8 Å². The van der Waals surface area contributed by atoms with Crippen LogP contribution in [0.1, 0.15) is 0 Å². The van der Waals surface area contributed by atoms with Crippen molar-refractivity contribution in [1.29, 1.82) is 0 Å². The Hall–Kier alpha value is -3.90. The van der Waals surface area contributed by atoms with Crippen LogP contribution in [0.3, 0.4) is 0 Å². The van der Waals surface area contributed by atoms with Crippen molar-refractivity contribution in [3.63, 3.8) is 0 Å². The second-order valence-electron chi connectivity index (χ2n) is 6.85. The quantitative estimate of drug-likeness (QED) is 0.250. The fraction of sp³-hybridized carbons (Fsp3) is 0. The standard InChI is InChI=1S/C25H22N4OS/c30-25(28-23-13-11-21(12-14-23)26-19-7-3-1-4-8-19)29(31)24-17-15-22(16-18-24)27-20-9-5-2-6-10-20/h1-18,26-27,31H,(H,28,30). The number of hydrogen-bond donors (Lipinski definition) is 4. The molecule has 3 N–H and O–H groups in total. The third kappa shape index (κ3) is 5.58. The average Bonchev–Trinajstić information content (AvgIpc) is 2.82. The summed E-state index contributed by atoms with van der Waals surface area (Å²) in [5.41, 5.74) is 5.23. The van der Waals surface area contributed by atoms with Gasteiger partial charge < -0.3 is 16.0 Å². The number of carbonyl (C=O) groups is 1. The minimum atomic E-state index is -0.337. The Labute approximate surface area is 187 Å². The van der Waals surface area contributed by atoms with Gasteiger partial charge in [0, 0.05) is 28.4 Å². The zero-order chi connectivity index (χ0) is 21.5. The highest BCUT2D eigenvalue weighted by molar-refractivity contribution is 7.82. The van der Waals surface area contributed by atoms with Crippen LogP contribution in [0, 0.1) is 0 Å². The van der Waals surface area contributed by atoms with Gasteiger partial charge in [0.05, 0.1) is 5.69 Å². The van der Waals surface area contributed by atoms with Crippen molar-refractivity contribution in [2.24, 2.45) is 0 Å². The molecule has 154 valence electrons. The van der Waals surface area contributed by atoms with E-state index in [9.17, 15) is 4.79 Å². The van der Waals surface area contributed by atoms with Crippen LogP contribution in [0.2, 0.25) is 0 Å². The fourth-order valence-corrected chi connectivity index (χ4v) is 3.18. The van der Waals surface area contributed by atoms with E-state index in [0.717, 1.165) is 22.7 Å². The highest BCUT2D eigenvalue weighted by Gasteiger charge is 2.12. The Kier molecular flexibility index (Phi) is 6.40. The number of benzene rings is 4. The number of thiol groups is 1. The first-order chi connectivity index (χ1) is 15.2. The van der Waals surface area contributed by atoms with Gasteiger partial charge in [-0.25, -0.2) is 9.10 Å². The summed E-state index contributed by atoms with van der Waals surface area (Å²) in [5.74, 6) is 0. The molecular formula is C25H22N4OS. The number of rotatable bonds is 6. The van der Waals surface area contributed by atoms with Crippen LogP contribution in [0.5, 0.6) is 0 Å². The van der Waals surface area contributed by atoms with E-state index in [2.05, 4.69) is 28.8 Å². The van der Waals surface area contributed by atoms with Crippen LogP contribution < -0.4 is 20.3 Å². The van der Waals surface area contributed by atoms with Crippen molar-refractivity contribution < 1.29 is 4.79 Å². The minimum Gasteiger partial charge on any atom is -0.356 e. The number of amides is 2. The molecule has 0 bridgehead atoms. The first-order valence-corrected chi connectivity index (χ1v) is 10.2. The Morgan fingerprint density at radius 1 is 0.548 bits per heavy atom. The van der Waals surface area contributed by atoms with Gasteiger partial charge in [-0.3, -0.25) is 0 Å². The zero-order valence-corrected chi connectivity index (χ0v) is 17.6. The van der Waals surface area contributed by atoms with Gasteiger partial charge in [0.15, 0.2) is 0 Å². The third-order valence-electron chi connectivity index (χ3n) is 4.57. The number of anilines is 6. The molecule has 0 fully saturated rings. The molecule has 2 amide bonds. The van der Waals surface area contributed by atoms with Gasteiger partial charge >= 0.3 is 6.03 Å². The molecule has 4 aromatic rings. The molecule has 0 atom stereocenters. The van der Waals surface area contributed by atoms with Crippen LogP contribution in [-0.4, -0.2) is 6.03 Å². The summed E-state index contributed by atoms with van der Waals surface area (Å²) in [6.07, 6.45) is 0. The largest absolute Gasteiger partial charge is 0.356 e. The molecule has 0 aliphatic carbocycles. The first kappa shape index (κ1) is 20.4. The predicted octanol–water partition coefficient (Wildman–Crippen LogP) is 7.06. The van der Waals surface area contributed by atoms with Gasteiger partial charge in [-0.15, -0.1) is 0 Å². The van der Waals surface area contributed by atoms with E-state index in [4.69, 9.17) is 0 Å². The Bertz CT molecular complexity index is 1120. The van der Waals surface area contributed by atoms with E-state index >= 15 is 0 Å². The van der Waals surface area contributed by atoms with Gasteiger partial charge in [-0.1, -0.05) is 49.2 Å². The third-order valence-corrected chi connectivity index (χ3v) is 4.98. The topological polar surface area (TPSA) is 56.4 Å². The number of carbonyl (C=O) groups excluding carboxylic acids is 1. The second kappa shape index (κ2) is 9.73. The molecule has 31 heavy (non-hydrogen) atoms. The van der Waals surface area contributed by atoms with Crippen molar-refractivity contribution in [2.75, 3.05) is 20.3 Å². The molecule has 0 heterocycles. The number of hydrogen-bond acceptors (Lipinski definition) is 4. The maximum Gasteiger partial charge on any atom is 0.336 e. The lowest BCUT2D eigenvalue weighted by Crippen LogP contribution is -2.26. The summed E-state index contributed by atoms with van der Waals surface area (Å²) in [4.78, 5) is 12.6. The summed E-state index contributed by atoms with van der Waals surface area (Å²) in [7, 11) is 0. The Balaban J connectivity index is 1.34. The Morgan fingerprint density at radius 3 is 1.42 bits per heavy atom. The lowest BCUT2D eigenvalue weighted by molar-refractivity contribution is 0.260. The van der Waals surface area contributed by atoms with E-state index in [1.54, 1.807) is 0 Å². The maximum atomic E-state index is 12.6. The molecular weight excluding hydrogens is 404 g/mol. The summed E-state index contributed by atoms with van der Waals surface area (Å²) in [6, 6.07) is 34.5. The predicted molar refractivity (Wildman–Crippen MR) is 133 cm³/mol. The van der Waals surface area contributed by atoms with Crippen LogP contribution in [0.15, 0.2) is 109 Å². The van der Waals surface area contributed by atoms with Gasteiger partial charge in [0.1, 0.15) is 0 Å². The highest BCUT2D eigenvalue weighted by atomic mass is 32.1. The summed E-state index contributed by atoms with van der Waals surface area (Å²) < 4.78 is 1.28. The van der Waals surface area contributed by atoms with Crippen molar-refractivity contribution >= 4 is 53.0 Å². The molecule has 0 spiro atoms. The van der Waals surface area contributed by atoms with Crippen LogP contribution in [0.25, 0.3) is 0 Å². The average molecular weight is 427 g/mol. The Morgan fingerprint density at radius 2 is 0.935 bits per heavy atom. The van der Waals surface area contributed by atoms with E-state index in [1.807, 2.05) is 109 Å². The van der Waals surface area contributed by atoms with E-state index in [-0.39, 0.29) is 6.03 Å². The molecule has 0 aliphatic heterocycles. The normalized spacial score (nSPS) is 10.2. The molecule has 4 aromatic carbocycles. The molecule has 0 aromatic heterocycles. The smallest absolute Gasteiger partial charge is 0.336 e. The van der Waals surface area contributed by atoms with Crippen molar-refractivity contribution in [3.05, 3.63) is 109 Å². The SMILES string of the molecule is O=C(Nc1ccc(Nc2ccccc2)cc1)N(S)c1ccc(Nc2ccccc2)cc1. The number of nitrogens with one attached hydrogen (secondary N) is 3. The van der Waals surface area contributed by atoms with Crippen molar-refractivity contribution in [1.82, 2.24) is 0 Å². The van der Waals surface area contributed by atoms with E-state index in [0.29, 0.717) is 11.4 Å². The summed E-state index contributed by atoms with van der Waals surface area (Å²) in [5, 5.41) is 9.48. The van der Waals surface area contributed by atoms with Gasteiger partial charge in [0.25, 0.3) is 0 Å². The molecule has 0 saturated carbocycles. The molecule has 4 rings (SSSR count). The molecule has 5 nitrogen and oxygen atoms in total. The van der Waals surface area contributed by atoms with Crippen molar-refractivity contribution in [2.45, 2.75) is 0 Å². The van der Waals surface area contributed by atoms with Crippen LogP contribution in [0.4, 0.5) is 38.9 Å². The van der Waals surface area contributed by atoms with Crippen LogP contribution >= 0.6 is 12.8 Å². The second-order valence-corrected chi connectivity index (χ2v) is 7.25. The fourth-order valence-electron chi connectivity index (χ4n) is 2.99. The molecule has 0 saturated heterocycles. The number of para-hydroxylation sites is 2. The summed E-state index contributed by atoms with van der Waals surface area (Å²) >= 11 is 4.35. The molecule has 0 unspecified atom stereocenters.